The monoisotopic (exact) mass is 242 g/mol. The van der Waals surface area contributed by atoms with Gasteiger partial charge in [-0.15, -0.1) is 0 Å². The zero-order valence-corrected chi connectivity index (χ0v) is 12.6. The molecule has 96 valence electrons. The summed E-state index contributed by atoms with van der Waals surface area (Å²) in [6.07, 6.45) is 12.4. The van der Waals surface area contributed by atoms with Gasteiger partial charge in [-0.05, 0) is 6.42 Å². The molecule has 0 radical (unpaired) electrons. The Morgan fingerprint density at radius 2 is 1.11 bits per heavy atom. The van der Waals surface area contributed by atoms with Crippen LogP contribution in [0.3, 0.4) is 0 Å². The summed E-state index contributed by atoms with van der Waals surface area (Å²) in [5.41, 5.74) is 0. The van der Waals surface area contributed by atoms with Crippen LogP contribution in [0.2, 0.25) is 0 Å². The fourth-order valence-corrected chi connectivity index (χ4v) is 1.77. The molecule has 0 saturated heterocycles. The van der Waals surface area contributed by atoms with Crippen molar-refractivity contribution in [2.75, 3.05) is 6.61 Å². The van der Waals surface area contributed by atoms with E-state index >= 15 is 0 Å². The van der Waals surface area contributed by atoms with Gasteiger partial charge in [0.1, 0.15) is 0 Å². The van der Waals surface area contributed by atoms with E-state index in [9.17, 15) is 10.0 Å². The molecular weight excluding hydrogens is 217 g/mol. The van der Waals surface area contributed by atoms with Crippen LogP contribution in [0.25, 0.3) is 0 Å². The van der Waals surface area contributed by atoms with Gasteiger partial charge in [0, 0.05) is 6.61 Å². The Hall–Kier alpha value is 1.14. The fourth-order valence-electron chi connectivity index (χ4n) is 1.77. The van der Waals surface area contributed by atoms with Crippen LogP contribution >= 0.6 is 0 Å². The third kappa shape index (κ3) is 22.3. The molecule has 0 aliphatic carbocycles. The topological polar surface area (TPSA) is 55.3 Å². The van der Waals surface area contributed by atoms with Gasteiger partial charge in [-0.1, -0.05) is 64.7 Å². The summed E-state index contributed by atoms with van der Waals surface area (Å²) in [6, 6.07) is 0. The predicted molar refractivity (Wildman–Crippen MR) is 63.6 cm³/mol. The van der Waals surface area contributed by atoms with Crippen molar-refractivity contribution in [3.05, 3.63) is 0 Å². The molecule has 0 spiro atoms. The first-order valence-corrected chi connectivity index (χ1v) is 6.70. The average Bonchev–Trinajstić information content (AvgIpc) is 2.25. The normalized spacial score (nSPS) is 9.50. The first kappa shape index (κ1) is 24.2. The Morgan fingerprint density at radius 3 is 1.50 bits per heavy atom. The second kappa shape index (κ2) is 20.5. The van der Waals surface area contributed by atoms with E-state index in [2.05, 4.69) is 11.6 Å². The Morgan fingerprint density at radius 1 is 0.722 bits per heavy atom. The van der Waals surface area contributed by atoms with Gasteiger partial charge >= 0.3 is 37.7 Å². The van der Waals surface area contributed by atoms with E-state index in [1.807, 2.05) is 0 Å². The molecule has 0 aromatic rings. The zero-order chi connectivity index (χ0) is 12.1. The van der Waals surface area contributed by atoms with Crippen molar-refractivity contribution < 1.29 is 52.4 Å². The van der Waals surface area contributed by atoms with Crippen molar-refractivity contribution in [2.24, 2.45) is 0 Å². The molecule has 3 nitrogen and oxygen atoms in total. The Bertz CT molecular complexity index is 140. The summed E-state index contributed by atoms with van der Waals surface area (Å²) in [6.45, 7) is 2.56. The van der Waals surface area contributed by atoms with E-state index in [0.29, 0.717) is 6.61 Å². The summed E-state index contributed by atoms with van der Waals surface area (Å²) in [7, 11) is -2.10. The minimum atomic E-state index is -2.10. The molecule has 18 heavy (non-hydrogen) atoms. The first-order valence-electron chi connectivity index (χ1n) is 6.70. The van der Waals surface area contributed by atoms with Crippen molar-refractivity contribution in [2.45, 2.75) is 71.1 Å². The van der Waals surface area contributed by atoms with Crippen molar-refractivity contribution >= 4 is 7.32 Å². The fraction of sp³-hybridized carbons (Fsp3) is 1.00. The summed E-state index contributed by atoms with van der Waals surface area (Å²) in [5.74, 6) is 0. The molecule has 0 aliphatic rings. The third-order valence-electron chi connectivity index (χ3n) is 2.75. The van der Waals surface area contributed by atoms with Gasteiger partial charge < -0.3 is 14.7 Å². The summed E-state index contributed by atoms with van der Waals surface area (Å²) >= 11 is 0. The molecule has 0 N–H and O–H groups in total. The van der Waals surface area contributed by atoms with Gasteiger partial charge in [0.15, 0.2) is 0 Å². The standard InChI is InChI=1S/C12H25BO3.2Li/c1-2-3-4-5-6-7-8-9-10-11-12-16-13(14)15;;/h2-12H2,1H3;;/q-2;2*+1. The number of rotatable bonds is 12. The maximum Gasteiger partial charge on any atom is 1.00 e. The molecule has 0 rings (SSSR count). The molecule has 0 unspecified atom stereocenters. The Kier molecular flexibility index (Phi) is 27.5. The van der Waals surface area contributed by atoms with E-state index < -0.39 is 7.32 Å². The second-order valence-corrected chi connectivity index (χ2v) is 4.34. The largest absolute Gasteiger partial charge is 1.00 e. The number of hydrogen-bond donors (Lipinski definition) is 0. The van der Waals surface area contributed by atoms with E-state index in [1.54, 1.807) is 0 Å². The number of unbranched alkanes of at least 4 members (excludes halogenated alkanes) is 9. The SMILES string of the molecule is CCCCCCCCCCCCOB([O-])[O-].[Li+].[Li+]. The average molecular weight is 242 g/mol. The summed E-state index contributed by atoms with van der Waals surface area (Å²) < 4.78 is 4.40. The summed E-state index contributed by atoms with van der Waals surface area (Å²) in [4.78, 5) is 0. The third-order valence-corrected chi connectivity index (χ3v) is 2.75. The second-order valence-electron chi connectivity index (χ2n) is 4.34. The molecule has 0 aromatic carbocycles. The van der Waals surface area contributed by atoms with E-state index in [0.717, 1.165) is 12.8 Å². The van der Waals surface area contributed by atoms with Crippen LogP contribution in [0.1, 0.15) is 71.1 Å². The molecule has 0 heterocycles. The molecule has 0 saturated carbocycles. The van der Waals surface area contributed by atoms with Crippen molar-refractivity contribution in [3.63, 3.8) is 0 Å². The van der Waals surface area contributed by atoms with Crippen LogP contribution in [0.15, 0.2) is 0 Å². The van der Waals surface area contributed by atoms with Crippen LogP contribution in [-0.4, -0.2) is 13.9 Å². The van der Waals surface area contributed by atoms with Gasteiger partial charge in [-0.2, -0.15) is 0 Å². The van der Waals surface area contributed by atoms with E-state index in [1.165, 1.54) is 51.4 Å². The minimum absolute atomic E-state index is 0. The maximum atomic E-state index is 10.0. The van der Waals surface area contributed by atoms with Crippen molar-refractivity contribution in [1.82, 2.24) is 0 Å². The maximum absolute atomic E-state index is 10.0. The molecule has 6 heteroatoms. The van der Waals surface area contributed by atoms with Gasteiger partial charge in [0.2, 0.25) is 0 Å². The number of hydrogen-bond acceptors (Lipinski definition) is 3. The molecular formula is C12H25BLi2O3. The molecule has 0 amide bonds. The van der Waals surface area contributed by atoms with Crippen molar-refractivity contribution in [3.8, 4) is 0 Å². The molecule has 0 aliphatic heterocycles. The summed E-state index contributed by atoms with van der Waals surface area (Å²) in [5, 5.41) is 20.0. The van der Waals surface area contributed by atoms with Gasteiger partial charge in [0.25, 0.3) is 0 Å². The molecule has 0 aromatic heterocycles. The van der Waals surface area contributed by atoms with Crippen molar-refractivity contribution in [1.29, 1.82) is 0 Å². The van der Waals surface area contributed by atoms with Crippen LogP contribution in [0, 0.1) is 0 Å². The molecule has 0 atom stereocenters. The minimum Gasteiger partial charge on any atom is -0.871 e. The zero-order valence-electron chi connectivity index (χ0n) is 12.6. The molecule has 0 bridgehead atoms. The van der Waals surface area contributed by atoms with Gasteiger partial charge in [-0.3, -0.25) is 0 Å². The van der Waals surface area contributed by atoms with Crippen LogP contribution < -0.4 is 47.8 Å². The van der Waals surface area contributed by atoms with Gasteiger partial charge in [0.05, 0.1) is 7.32 Å². The molecule has 0 fully saturated rings. The van der Waals surface area contributed by atoms with Gasteiger partial charge in [-0.25, -0.2) is 0 Å². The van der Waals surface area contributed by atoms with Crippen LogP contribution in [0.5, 0.6) is 0 Å². The smallest absolute Gasteiger partial charge is 0.871 e. The van der Waals surface area contributed by atoms with E-state index in [4.69, 9.17) is 0 Å². The van der Waals surface area contributed by atoms with E-state index in [-0.39, 0.29) is 37.7 Å². The Balaban J connectivity index is -0.00000112. The van der Waals surface area contributed by atoms with Crippen LogP contribution in [0.4, 0.5) is 0 Å². The first-order chi connectivity index (χ1) is 7.77. The predicted octanol–water partition coefficient (Wildman–Crippen LogP) is -4.36. The quantitative estimate of drug-likeness (QED) is 0.257. The Labute approximate surface area is 137 Å². The van der Waals surface area contributed by atoms with Crippen LogP contribution in [-0.2, 0) is 4.65 Å².